The number of aromatic nitrogens is 2. The van der Waals surface area contributed by atoms with Crippen LogP contribution in [-0.4, -0.2) is 33.9 Å². The lowest BCUT2D eigenvalue weighted by Crippen LogP contribution is -2.41. The Morgan fingerprint density at radius 3 is 2.64 bits per heavy atom. The Morgan fingerprint density at radius 1 is 1.14 bits per heavy atom. The number of ether oxygens (including phenoxy) is 1. The molecule has 2 heterocycles. The third kappa shape index (κ3) is 4.97. The molecule has 1 amide bonds. The third-order valence-electron chi connectivity index (χ3n) is 7.30. The molecule has 0 spiro atoms. The van der Waals surface area contributed by atoms with Gasteiger partial charge in [0, 0.05) is 46.2 Å². The Morgan fingerprint density at radius 2 is 1.94 bits per heavy atom. The highest BCUT2D eigenvalue weighted by molar-refractivity contribution is 7.21. The van der Waals surface area contributed by atoms with Gasteiger partial charge < -0.3 is 9.64 Å². The number of thiophene rings is 1. The van der Waals surface area contributed by atoms with Gasteiger partial charge in [-0.3, -0.25) is 14.8 Å². The van der Waals surface area contributed by atoms with Gasteiger partial charge in [0.25, 0.3) is 5.91 Å². The normalized spacial score (nSPS) is 17.8. The monoisotopic (exact) mass is 519 g/mol. The van der Waals surface area contributed by atoms with Gasteiger partial charge in [-0.25, -0.2) is 0 Å². The first-order valence-electron chi connectivity index (χ1n) is 12.5. The molecule has 1 fully saturated rings. The quantitative estimate of drug-likeness (QED) is 0.252. The van der Waals surface area contributed by atoms with E-state index in [1.807, 2.05) is 41.3 Å². The first kappa shape index (κ1) is 24.7. The minimum atomic E-state index is -0.00638. The molecule has 2 aromatic carbocycles. The first-order chi connectivity index (χ1) is 17.6. The molecule has 0 saturated heterocycles. The Hall–Kier alpha value is -2.96. The predicted octanol–water partition coefficient (Wildman–Crippen LogP) is 7.63. The van der Waals surface area contributed by atoms with E-state index in [2.05, 4.69) is 23.0 Å². The summed E-state index contributed by atoms with van der Waals surface area (Å²) in [7, 11) is 1.67. The van der Waals surface area contributed by atoms with Gasteiger partial charge in [-0.2, -0.15) is 0 Å². The van der Waals surface area contributed by atoms with Gasteiger partial charge in [0.05, 0.1) is 24.0 Å². The number of methoxy groups -OCH3 is 1. The number of rotatable bonds is 7. The van der Waals surface area contributed by atoms with Gasteiger partial charge in [0.15, 0.2) is 0 Å². The van der Waals surface area contributed by atoms with E-state index in [9.17, 15) is 4.79 Å². The lowest BCUT2D eigenvalue weighted by atomic mass is 9.83. The van der Waals surface area contributed by atoms with E-state index in [-0.39, 0.29) is 11.9 Å². The van der Waals surface area contributed by atoms with Crippen molar-refractivity contribution in [3.05, 3.63) is 76.5 Å². The average molecular weight is 520 g/mol. The summed E-state index contributed by atoms with van der Waals surface area (Å²) in [6.07, 6.45) is 10.6. The summed E-state index contributed by atoms with van der Waals surface area (Å²) in [5.74, 6) is 1.49. The molecule has 4 aromatic rings. The van der Waals surface area contributed by atoms with Crippen molar-refractivity contribution in [3.8, 4) is 17.0 Å². The second-order valence-electron chi connectivity index (χ2n) is 9.37. The van der Waals surface area contributed by atoms with Crippen LogP contribution in [0.25, 0.3) is 21.3 Å². The minimum Gasteiger partial charge on any atom is -0.496 e. The summed E-state index contributed by atoms with van der Waals surface area (Å²) < 4.78 is 6.75. The Balaban J connectivity index is 1.53. The van der Waals surface area contributed by atoms with Gasteiger partial charge in [-0.15, -0.1) is 11.3 Å². The van der Waals surface area contributed by atoms with Crippen LogP contribution in [0.2, 0.25) is 5.02 Å². The molecule has 0 bridgehead atoms. The summed E-state index contributed by atoms with van der Waals surface area (Å²) in [6, 6.07) is 14.1. The molecule has 1 aliphatic carbocycles. The van der Waals surface area contributed by atoms with Crippen molar-refractivity contribution in [1.82, 2.24) is 14.9 Å². The molecule has 0 radical (unpaired) electrons. The molecular formula is C29H30ClN3O2S. The van der Waals surface area contributed by atoms with E-state index in [0.717, 1.165) is 64.3 Å². The van der Waals surface area contributed by atoms with Crippen LogP contribution in [0.3, 0.4) is 0 Å². The second kappa shape index (κ2) is 11.0. The number of amides is 1. The summed E-state index contributed by atoms with van der Waals surface area (Å²) in [5, 5.41) is 1.48. The molecule has 36 heavy (non-hydrogen) atoms. The molecular weight excluding hydrogens is 490 g/mol. The van der Waals surface area contributed by atoms with Crippen molar-refractivity contribution in [2.75, 3.05) is 7.11 Å². The zero-order chi connectivity index (χ0) is 25.1. The van der Waals surface area contributed by atoms with Gasteiger partial charge in [0.2, 0.25) is 0 Å². The van der Waals surface area contributed by atoms with Crippen LogP contribution < -0.4 is 4.74 Å². The molecule has 186 valence electrons. The maximum absolute atomic E-state index is 14.1. The number of carbonyl (C=O) groups excluding carboxylic acids is 1. The fraction of sp³-hybridized carbons (Fsp3) is 0.345. The van der Waals surface area contributed by atoms with E-state index in [1.54, 1.807) is 25.7 Å². The van der Waals surface area contributed by atoms with Gasteiger partial charge in [-0.05, 0) is 55.9 Å². The third-order valence-corrected chi connectivity index (χ3v) is 8.97. The highest BCUT2D eigenvalue weighted by atomic mass is 35.5. The number of hydrogen-bond donors (Lipinski definition) is 0. The number of hydrogen-bond acceptors (Lipinski definition) is 5. The van der Waals surface area contributed by atoms with Crippen molar-refractivity contribution >= 4 is 38.9 Å². The SMILES string of the molecule is CCC1CCC(N(Cc2cc(-c3cnccn3)ccc2OC)C(=O)c2sc3ccccc3c2Cl)CC1. The molecule has 0 unspecified atom stereocenters. The van der Waals surface area contributed by atoms with Crippen molar-refractivity contribution in [1.29, 1.82) is 0 Å². The zero-order valence-corrected chi connectivity index (χ0v) is 22.2. The van der Waals surface area contributed by atoms with Gasteiger partial charge >= 0.3 is 0 Å². The first-order valence-corrected chi connectivity index (χ1v) is 13.7. The van der Waals surface area contributed by atoms with E-state index < -0.39 is 0 Å². The minimum absolute atomic E-state index is 0.00638. The number of fused-ring (bicyclic) bond motifs is 1. The smallest absolute Gasteiger partial charge is 0.266 e. The predicted molar refractivity (Wildman–Crippen MR) is 147 cm³/mol. The molecule has 7 heteroatoms. The van der Waals surface area contributed by atoms with E-state index >= 15 is 0 Å². The van der Waals surface area contributed by atoms with E-state index in [4.69, 9.17) is 16.3 Å². The van der Waals surface area contributed by atoms with Crippen molar-refractivity contribution in [2.24, 2.45) is 5.92 Å². The lowest BCUT2D eigenvalue weighted by molar-refractivity contribution is 0.0591. The van der Waals surface area contributed by atoms with Crippen LogP contribution >= 0.6 is 22.9 Å². The Bertz CT molecular complexity index is 1350. The fourth-order valence-corrected chi connectivity index (χ4v) is 6.67. The molecule has 1 saturated carbocycles. The van der Waals surface area contributed by atoms with Crippen molar-refractivity contribution in [2.45, 2.75) is 51.6 Å². The van der Waals surface area contributed by atoms with Crippen LogP contribution in [0.5, 0.6) is 5.75 Å². The van der Waals surface area contributed by atoms with Crippen LogP contribution in [0, 0.1) is 5.92 Å². The highest BCUT2D eigenvalue weighted by Crippen LogP contribution is 2.39. The molecule has 0 aliphatic heterocycles. The molecule has 5 rings (SSSR count). The van der Waals surface area contributed by atoms with Crippen molar-refractivity contribution < 1.29 is 9.53 Å². The number of halogens is 1. The number of carbonyl (C=O) groups is 1. The van der Waals surface area contributed by atoms with Crippen LogP contribution in [0.4, 0.5) is 0 Å². The van der Waals surface area contributed by atoms with Crippen LogP contribution in [0.1, 0.15) is 54.3 Å². The Kier molecular flexibility index (Phi) is 7.54. The molecule has 5 nitrogen and oxygen atoms in total. The largest absolute Gasteiger partial charge is 0.496 e. The fourth-order valence-electron chi connectivity index (χ4n) is 5.21. The molecule has 0 atom stereocenters. The summed E-state index contributed by atoms with van der Waals surface area (Å²) in [4.78, 5) is 25.4. The van der Waals surface area contributed by atoms with Crippen molar-refractivity contribution in [3.63, 3.8) is 0 Å². The summed E-state index contributed by atoms with van der Waals surface area (Å²) >= 11 is 8.25. The number of benzene rings is 2. The van der Waals surface area contributed by atoms with Gasteiger partial charge in [0.1, 0.15) is 10.6 Å². The second-order valence-corrected chi connectivity index (χ2v) is 10.8. The van der Waals surface area contributed by atoms with Crippen LogP contribution in [0.15, 0.2) is 61.1 Å². The highest BCUT2D eigenvalue weighted by Gasteiger charge is 2.32. The van der Waals surface area contributed by atoms with Gasteiger partial charge in [-0.1, -0.05) is 43.1 Å². The molecule has 0 N–H and O–H groups in total. The zero-order valence-electron chi connectivity index (χ0n) is 20.6. The Labute approximate surface area is 221 Å². The number of nitrogens with zero attached hydrogens (tertiary/aromatic N) is 3. The average Bonchev–Trinajstić information content (AvgIpc) is 3.28. The standard InChI is InChI=1S/C29H30ClN3O2S/c1-3-19-8-11-22(12-9-19)33(29(34)28-27(30)23-6-4-5-7-26(23)36-28)18-21-16-20(10-13-25(21)35-2)24-17-31-14-15-32-24/h4-7,10,13-17,19,22H,3,8-9,11-12,18H2,1-2H3. The van der Waals surface area contributed by atoms with E-state index in [0.29, 0.717) is 16.4 Å². The molecule has 2 aromatic heterocycles. The summed E-state index contributed by atoms with van der Waals surface area (Å²) in [5.41, 5.74) is 2.68. The maximum Gasteiger partial charge on any atom is 0.266 e. The maximum atomic E-state index is 14.1. The topological polar surface area (TPSA) is 55.3 Å². The summed E-state index contributed by atoms with van der Waals surface area (Å²) in [6.45, 7) is 2.70. The molecule has 1 aliphatic rings. The van der Waals surface area contributed by atoms with Crippen LogP contribution in [-0.2, 0) is 6.54 Å². The van der Waals surface area contributed by atoms with E-state index in [1.165, 1.54) is 17.8 Å². The lowest BCUT2D eigenvalue weighted by Gasteiger charge is -2.37.